The van der Waals surface area contributed by atoms with Crippen LogP contribution in [0.15, 0.2) is 102 Å². The largest absolute Gasteiger partial charge is 0.471 e. The van der Waals surface area contributed by atoms with E-state index < -0.39 is 5.92 Å². The predicted molar refractivity (Wildman–Crippen MR) is 179 cm³/mol. The number of nitrogens with zero attached hydrogens (tertiary/aromatic N) is 4. The van der Waals surface area contributed by atoms with Crippen molar-refractivity contribution in [3.05, 3.63) is 119 Å². The first-order chi connectivity index (χ1) is 22.4. The van der Waals surface area contributed by atoms with Crippen molar-refractivity contribution in [2.45, 2.75) is 31.7 Å². The van der Waals surface area contributed by atoms with Crippen LogP contribution in [0.1, 0.15) is 30.4 Å². The van der Waals surface area contributed by atoms with Gasteiger partial charge >= 0.3 is 0 Å². The number of allylic oxidation sites excluding steroid dienone is 5. The Morgan fingerprint density at radius 1 is 0.783 bits per heavy atom. The maximum Gasteiger partial charge on any atom is 0.270 e. The number of hydrogen-bond donors (Lipinski definition) is 0. The minimum atomic E-state index is -2.76. The molecule has 3 heterocycles. The monoisotopic (exact) mass is 626 g/mol. The fourth-order valence-electron chi connectivity index (χ4n) is 7.07. The third kappa shape index (κ3) is 6.88. The van der Waals surface area contributed by atoms with Crippen molar-refractivity contribution in [1.29, 1.82) is 0 Å². The summed E-state index contributed by atoms with van der Waals surface area (Å²) >= 11 is 0. The maximum absolute atomic E-state index is 14.2. The summed E-state index contributed by atoms with van der Waals surface area (Å²) in [5, 5.41) is 0. The molecule has 3 aromatic rings. The summed E-state index contributed by atoms with van der Waals surface area (Å²) in [5.41, 5.74) is 7.55. The Morgan fingerprint density at radius 2 is 1.54 bits per heavy atom. The Kier molecular flexibility index (Phi) is 8.91. The zero-order chi connectivity index (χ0) is 31.5. The first kappa shape index (κ1) is 30.6. The Hall–Kier alpha value is -4.01. The Bertz CT molecular complexity index is 1620. The smallest absolute Gasteiger partial charge is 0.270 e. The summed E-state index contributed by atoms with van der Waals surface area (Å²) in [4.78, 5) is 9.36. The molecule has 4 aliphatic rings. The predicted octanol–water partition coefficient (Wildman–Crippen LogP) is 7.38. The summed E-state index contributed by atoms with van der Waals surface area (Å²) in [6.07, 6.45) is 5.97. The number of fused-ring (bicyclic) bond motifs is 1. The van der Waals surface area contributed by atoms with Crippen LogP contribution in [-0.4, -0.2) is 74.8 Å². The second-order valence-electron chi connectivity index (χ2n) is 12.7. The van der Waals surface area contributed by atoms with Crippen LogP contribution in [0, 0.1) is 5.82 Å². The highest BCUT2D eigenvalue weighted by molar-refractivity contribution is 5.84. The number of hydrogen-bond acceptors (Lipinski definition) is 5. The van der Waals surface area contributed by atoms with E-state index in [1.54, 1.807) is 18.2 Å². The molecule has 5 nitrogen and oxygen atoms in total. The fourth-order valence-corrected chi connectivity index (χ4v) is 7.07. The van der Waals surface area contributed by atoms with Gasteiger partial charge in [0.15, 0.2) is 6.73 Å². The van der Waals surface area contributed by atoms with Crippen molar-refractivity contribution in [3.8, 4) is 5.75 Å². The number of benzene rings is 3. The molecule has 3 aliphatic heterocycles. The highest BCUT2D eigenvalue weighted by Crippen LogP contribution is 2.38. The number of halogens is 3. The molecule has 240 valence electrons. The lowest BCUT2D eigenvalue weighted by molar-refractivity contribution is 0.0573. The van der Waals surface area contributed by atoms with Crippen molar-refractivity contribution in [2.75, 3.05) is 68.9 Å². The van der Waals surface area contributed by atoms with Gasteiger partial charge in [0.1, 0.15) is 11.6 Å². The second kappa shape index (κ2) is 13.4. The van der Waals surface area contributed by atoms with Crippen LogP contribution in [0.5, 0.6) is 5.75 Å². The minimum absolute atomic E-state index is 0.155. The van der Waals surface area contributed by atoms with E-state index in [9.17, 15) is 13.2 Å². The van der Waals surface area contributed by atoms with Gasteiger partial charge in [0.25, 0.3) is 5.92 Å². The molecule has 0 spiro atoms. The van der Waals surface area contributed by atoms with Gasteiger partial charge in [-0.2, -0.15) is 0 Å². The lowest BCUT2D eigenvalue weighted by Gasteiger charge is -2.36. The van der Waals surface area contributed by atoms with Crippen LogP contribution in [-0.2, 0) is 6.54 Å². The van der Waals surface area contributed by atoms with Crippen molar-refractivity contribution in [2.24, 2.45) is 0 Å². The molecular formula is C38H41F3N4O. The fraction of sp³-hybridized carbons (Fsp3) is 0.368. The molecule has 0 aromatic heterocycles. The molecule has 0 radical (unpaired) electrons. The van der Waals surface area contributed by atoms with Crippen LogP contribution < -0.4 is 14.5 Å². The lowest BCUT2D eigenvalue weighted by Crippen LogP contribution is -2.46. The van der Waals surface area contributed by atoms with Gasteiger partial charge in [0.2, 0.25) is 0 Å². The summed E-state index contributed by atoms with van der Waals surface area (Å²) in [7, 11) is 0. The SMILES string of the molecule is Fc1ccccc1N1CCN(Cc2ccc3c(c2)OCN3CCN2CCC(=C(C3=CCC(F)(F)C=C3)c3ccccc3)CC2)CC1. The number of anilines is 2. The maximum atomic E-state index is 14.2. The Morgan fingerprint density at radius 3 is 2.28 bits per heavy atom. The molecule has 0 N–H and O–H groups in total. The first-order valence-electron chi connectivity index (χ1n) is 16.4. The Labute approximate surface area is 269 Å². The zero-order valence-corrected chi connectivity index (χ0v) is 26.2. The van der Waals surface area contributed by atoms with E-state index >= 15 is 0 Å². The molecule has 7 rings (SSSR count). The topological polar surface area (TPSA) is 22.2 Å². The molecule has 0 bridgehead atoms. The number of likely N-dealkylation sites (tertiary alicyclic amines) is 1. The quantitative estimate of drug-likeness (QED) is 0.260. The number of piperazine rings is 1. The molecule has 1 aliphatic carbocycles. The Balaban J connectivity index is 0.923. The number of alkyl halides is 2. The third-order valence-corrected chi connectivity index (χ3v) is 9.66. The van der Waals surface area contributed by atoms with Crippen molar-refractivity contribution >= 4 is 16.9 Å². The number of piperidine rings is 1. The summed E-state index contributed by atoms with van der Waals surface area (Å²) in [5.74, 6) is -1.98. The van der Waals surface area contributed by atoms with Gasteiger partial charge in [-0.3, -0.25) is 4.90 Å². The normalized spacial score (nSPS) is 20.0. The number of ether oxygens (including phenoxy) is 1. The van der Waals surface area contributed by atoms with Gasteiger partial charge in [-0.15, -0.1) is 0 Å². The minimum Gasteiger partial charge on any atom is -0.471 e. The van der Waals surface area contributed by atoms with Crippen LogP contribution in [0.4, 0.5) is 24.5 Å². The van der Waals surface area contributed by atoms with E-state index in [0.29, 0.717) is 12.4 Å². The van der Waals surface area contributed by atoms with E-state index in [1.165, 1.54) is 17.2 Å². The molecule has 0 atom stereocenters. The first-order valence-corrected chi connectivity index (χ1v) is 16.4. The molecule has 3 aromatic carbocycles. The lowest BCUT2D eigenvalue weighted by atomic mass is 9.86. The van der Waals surface area contributed by atoms with E-state index in [1.807, 2.05) is 30.3 Å². The van der Waals surface area contributed by atoms with Crippen molar-refractivity contribution < 1.29 is 17.9 Å². The van der Waals surface area contributed by atoms with Gasteiger partial charge in [-0.1, -0.05) is 66.3 Å². The molecular weight excluding hydrogens is 585 g/mol. The molecule has 2 saturated heterocycles. The van der Waals surface area contributed by atoms with Gasteiger partial charge < -0.3 is 19.4 Å². The average molecular weight is 627 g/mol. The highest BCUT2D eigenvalue weighted by Gasteiger charge is 2.29. The van der Waals surface area contributed by atoms with Crippen LogP contribution in [0.2, 0.25) is 0 Å². The van der Waals surface area contributed by atoms with Gasteiger partial charge in [-0.25, -0.2) is 13.2 Å². The molecule has 0 saturated carbocycles. The van der Waals surface area contributed by atoms with Gasteiger partial charge in [0, 0.05) is 65.3 Å². The number of rotatable bonds is 8. The van der Waals surface area contributed by atoms with Crippen LogP contribution in [0.3, 0.4) is 0 Å². The zero-order valence-electron chi connectivity index (χ0n) is 26.2. The summed E-state index contributed by atoms with van der Waals surface area (Å²) in [6, 6.07) is 23.8. The molecule has 2 fully saturated rings. The third-order valence-electron chi connectivity index (χ3n) is 9.66. The van der Waals surface area contributed by atoms with E-state index in [4.69, 9.17) is 4.74 Å². The van der Waals surface area contributed by atoms with Gasteiger partial charge in [0.05, 0.1) is 11.4 Å². The van der Waals surface area contributed by atoms with E-state index in [-0.39, 0.29) is 12.2 Å². The van der Waals surface area contributed by atoms with Crippen molar-refractivity contribution in [3.63, 3.8) is 0 Å². The molecule has 46 heavy (non-hydrogen) atoms. The molecule has 8 heteroatoms. The number of para-hydroxylation sites is 1. The average Bonchev–Trinajstić information content (AvgIpc) is 3.48. The second-order valence-corrected chi connectivity index (χ2v) is 12.7. The summed E-state index contributed by atoms with van der Waals surface area (Å²) in [6.45, 7) is 8.54. The summed E-state index contributed by atoms with van der Waals surface area (Å²) < 4.78 is 48.0. The van der Waals surface area contributed by atoms with Crippen molar-refractivity contribution in [1.82, 2.24) is 9.80 Å². The van der Waals surface area contributed by atoms with E-state index in [2.05, 4.69) is 49.9 Å². The standard InChI is InChI=1S/C38H41F3N4O/c39-33-8-4-5-9-34(33)44-23-21-43(22-24-44)27-29-10-11-35-36(26-29)46-28-45(35)25-20-42-18-14-32(15-19-42)37(30-6-2-1-3-7-30)31-12-16-38(40,41)17-13-31/h1-13,16,26H,14-15,17-25,27-28H2. The van der Waals surface area contributed by atoms with Crippen LogP contribution >= 0.6 is 0 Å². The molecule has 0 amide bonds. The molecule has 0 unspecified atom stereocenters. The van der Waals surface area contributed by atoms with Crippen LogP contribution in [0.25, 0.3) is 5.57 Å². The van der Waals surface area contributed by atoms with Gasteiger partial charge in [-0.05, 0) is 65.5 Å². The highest BCUT2D eigenvalue weighted by atomic mass is 19.3. The van der Waals surface area contributed by atoms with E-state index in [0.717, 1.165) is 106 Å².